The Bertz CT molecular complexity index is 1070. The number of ether oxygens (including phenoxy) is 1. The summed E-state index contributed by atoms with van der Waals surface area (Å²) in [6, 6.07) is 25.6. The summed E-state index contributed by atoms with van der Waals surface area (Å²) in [7, 11) is 0. The molecule has 0 unspecified atom stereocenters. The number of rotatable bonds is 9. The molecule has 0 aliphatic rings. The minimum Gasteiger partial charge on any atom is -0.448 e. The number of carbonyl (C=O) groups is 4. The molecular weight excluding hydrogens is 408 g/mol. The van der Waals surface area contributed by atoms with Gasteiger partial charge in [-0.25, -0.2) is 0 Å². The van der Waals surface area contributed by atoms with Gasteiger partial charge < -0.3 is 15.4 Å². The fourth-order valence-electron chi connectivity index (χ4n) is 2.91. The second-order valence-corrected chi connectivity index (χ2v) is 6.84. The first-order chi connectivity index (χ1) is 15.5. The topological polar surface area (TPSA) is 102 Å². The van der Waals surface area contributed by atoms with Gasteiger partial charge in [0.2, 0.25) is 11.7 Å². The van der Waals surface area contributed by atoms with Crippen LogP contribution in [0.25, 0.3) is 0 Å². The Kier molecular flexibility index (Phi) is 7.86. The van der Waals surface area contributed by atoms with Crippen molar-refractivity contribution in [3.63, 3.8) is 0 Å². The van der Waals surface area contributed by atoms with Gasteiger partial charge in [-0.05, 0) is 12.1 Å². The zero-order valence-electron chi connectivity index (χ0n) is 17.2. The van der Waals surface area contributed by atoms with E-state index in [2.05, 4.69) is 10.6 Å². The molecule has 0 saturated carbocycles. The third-order valence-electron chi connectivity index (χ3n) is 4.52. The van der Waals surface area contributed by atoms with Gasteiger partial charge in [0, 0.05) is 16.7 Å². The van der Waals surface area contributed by atoms with Gasteiger partial charge >= 0.3 is 5.97 Å². The molecule has 0 spiro atoms. The molecule has 32 heavy (non-hydrogen) atoms. The number of nitrogens with one attached hydrogen (secondary N) is 2. The van der Waals surface area contributed by atoms with Gasteiger partial charge in [-0.1, -0.05) is 78.9 Å². The van der Waals surface area contributed by atoms with E-state index in [0.29, 0.717) is 16.7 Å². The number of benzene rings is 3. The normalized spacial score (nSPS) is 11.1. The molecule has 7 nitrogen and oxygen atoms in total. The molecule has 3 aromatic carbocycles. The quantitative estimate of drug-likeness (QED) is 0.402. The molecule has 0 radical (unpaired) electrons. The van der Waals surface area contributed by atoms with Crippen molar-refractivity contribution in [2.45, 2.75) is 6.10 Å². The van der Waals surface area contributed by atoms with Crippen LogP contribution in [0.1, 0.15) is 32.4 Å². The maximum absolute atomic E-state index is 12.9. The van der Waals surface area contributed by atoms with E-state index in [1.165, 1.54) is 0 Å². The Balaban J connectivity index is 1.55. The number of Topliss-reactive ketones (excluding diaryl/α,β-unsaturated/α-hetero) is 1. The largest absolute Gasteiger partial charge is 0.448 e. The summed E-state index contributed by atoms with van der Waals surface area (Å²) >= 11 is 0. The summed E-state index contributed by atoms with van der Waals surface area (Å²) in [5, 5.41) is 4.86. The van der Waals surface area contributed by atoms with E-state index in [-0.39, 0.29) is 12.3 Å². The molecule has 162 valence electrons. The van der Waals surface area contributed by atoms with Gasteiger partial charge in [0.1, 0.15) is 6.54 Å². The fraction of sp³-hybridized carbons (Fsp3) is 0.120. The fourth-order valence-corrected chi connectivity index (χ4v) is 2.91. The third kappa shape index (κ3) is 6.37. The third-order valence-corrected chi connectivity index (χ3v) is 4.52. The Morgan fingerprint density at radius 2 is 1.19 bits per heavy atom. The van der Waals surface area contributed by atoms with Gasteiger partial charge in [0.15, 0.2) is 6.10 Å². The van der Waals surface area contributed by atoms with Crippen molar-refractivity contribution in [3.05, 3.63) is 108 Å². The first kappa shape index (κ1) is 22.4. The molecule has 0 saturated heterocycles. The molecule has 0 heterocycles. The van der Waals surface area contributed by atoms with Crippen molar-refractivity contribution in [3.8, 4) is 0 Å². The molecule has 2 amide bonds. The van der Waals surface area contributed by atoms with Crippen LogP contribution in [-0.2, 0) is 14.3 Å². The lowest BCUT2D eigenvalue weighted by atomic mass is 10.00. The molecule has 0 bridgehead atoms. The van der Waals surface area contributed by atoms with Crippen molar-refractivity contribution < 1.29 is 23.9 Å². The molecule has 0 aliphatic carbocycles. The van der Waals surface area contributed by atoms with E-state index in [0.717, 1.165) is 0 Å². The van der Waals surface area contributed by atoms with Crippen LogP contribution in [0.2, 0.25) is 0 Å². The van der Waals surface area contributed by atoms with Gasteiger partial charge in [-0.2, -0.15) is 0 Å². The highest BCUT2D eigenvalue weighted by atomic mass is 16.5. The molecule has 0 fully saturated rings. The van der Waals surface area contributed by atoms with E-state index in [1.807, 2.05) is 0 Å². The number of ketones is 1. The maximum atomic E-state index is 12.9. The van der Waals surface area contributed by atoms with E-state index in [9.17, 15) is 19.2 Å². The number of carbonyl (C=O) groups excluding carboxylic acids is 4. The highest BCUT2D eigenvalue weighted by Gasteiger charge is 2.26. The SMILES string of the molecule is O=C(CNC(=O)c1ccccc1)NCC(=O)O[C@@H](C(=O)c1ccccc1)c1ccccc1. The summed E-state index contributed by atoms with van der Waals surface area (Å²) in [6.45, 7) is -0.739. The van der Waals surface area contributed by atoms with Crippen LogP contribution < -0.4 is 10.6 Å². The summed E-state index contributed by atoms with van der Waals surface area (Å²) in [5.41, 5.74) is 1.35. The average molecular weight is 430 g/mol. The van der Waals surface area contributed by atoms with Crippen molar-refractivity contribution in [1.29, 1.82) is 0 Å². The monoisotopic (exact) mass is 430 g/mol. The maximum Gasteiger partial charge on any atom is 0.326 e. The van der Waals surface area contributed by atoms with Gasteiger partial charge in [0.05, 0.1) is 6.54 Å². The standard InChI is InChI=1S/C25H22N2O5/c28-21(16-27-25(31)20-14-8-3-9-15-20)26-17-22(29)32-24(19-12-6-2-7-13-19)23(30)18-10-4-1-5-11-18/h1-15,24H,16-17H2,(H,26,28)(H,27,31)/t24-/m1/s1. The first-order valence-electron chi connectivity index (χ1n) is 9.98. The molecular formula is C25H22N2O5. The smallest absolute Gasteiger partial charge is 0.326 e. The lowest BCUT2D eigenvalue weighted by Gasteiger charge is -2.17. The molecule has 7 heteroatoms. The van der Waals surface area contributed by atoms with Crippen LogP contribution in [0, 0.1) is 0 Å². The van der Waals surface area contributed by atoms with Crippen molar-refractivity contribution in [1.82, 2.24) is 10.6 Å². The second-order valence-electron chi connectivity index (χ2n) is 6.84. The Labute approximate surface area is 185 Å². The van der Waals surface area contributed by atoms with E-state index in [1.54, 1.807) is 91.0 Å². The zero-order valence-corrected chi connectivity index (χ0v) is 17.2. The summed E-state index contributed by atoms with van der Waals surface area (Å²) in [4.78, 5) is 49.2. The van der Waals surface area contributed by atoms with E-state index >= 15 is 0 Å². The van der Waals surface area contributed by atoms with Crippen molar-refractivity contribution in [2.75, 3.05) is 13.1 Å². The molecule has 3 rings (SSSR count). The van der Waals surface area contributed by atoms with Crippen LogP contribution >= 0.6 is 0 Å². The predicted molar refractivity (Wildman–Crippen MR) is 118 cm³/mol. The van der Waals surface area contributed by atoms with Crippen molar-refractivity contribution in [2.24, 2.45) is 0 Å². The van der Waals surface area contributed by atoms with Crippen LogP contribution in [-0.4, -0.2) is 36.7 Å². The molecule has 1 atom stereocenters. The van der Waals surface area contributed by atoms with Crippen LogP contribution in [0.5, 0.6) is 0 Å². The van der Waals surface area contributed by atoms with Gasteiger partial charge in [-0.15, -0.1) is 0 Å². The van der Waals surface area contributed by atoms with Gasteiger partial charge in [-0.3, -0.25) is 19.2 Å². The molecule has 2 N–H and O–H groups in total. The zero-order chi connectivity index (χ0) is 22.8. The summed E-state index contributed by atoms with van der Waals surface area (Å²) in [6.07, 6.45) is -1.14. The summed E-state index contributed by atoms with van der Waals surface area (Å²) in [5.74, 6) is -2.10. The molecule has 3 aromatic rings. The molecule has 0 aromatic heterocycles. The van der Waals surface area contributed by atoms with E-state index in [4.69, 9.17) is 4.74 Å². The Morgan fingerprint density at radius 3 is 1.78 bits per heavy atom. The first-order valence-corrected chi connectivity index (χ1v) is 9.98. The van der Waals surface area contributed by atoms with Crippen LogP contribution in [0.15, 0.2) is 91.0 Å². The second kappa shape index (κ2) is 11.2. The lowest BCUT2D eigenvalue weighted by molar-refractivity contribution is -0.147. The van der Waals surface area contributed by atoms with Crippen LogP contribution in [0.3, 0.4) is 0 Å². The Hall–Kier alpha value is -4.26. The highest BCUT2D eigenvalue weighted by Crippen LogP contribution is 2.22. The van der Waals surface area contributed by atoms with Crippen LogP contribution in [0.4, 0.5) is 0 Å². The Morgan fingerprint density at radius 1 is 0.656 bits per heavy atom. The summed E-state index contributed by atoms with van der Waals surface area (Å²) < 4.78 is 5.41. The minimum atomic E-state index is -1.14. The number of esters is 1. The highest BCUT2D eigenvalue weighted by molar-refractivity contribution is 6.01. The average Bonchev–Trinajstić information content (AvgIpc) is 2.85. The number of amides is 2. The van der Waals surface area contributed by atoms with Crippen molar-refractivity contribution >= 4 is 23.6 Å². The van der Waals surface area contributed by atoms with Gasteiger partial charge in [0.25, 0.3) is 5.91 Å². The predicted octanol–water partition coefficient (Wildman–Crippen LogP) is 2.70. The number of hydrogen-bond donors (Lipinski definition) is 2. The minimum absolute atomic E-state index is 0.300. The number of hydrogen-bond acceptors (Lipinski definition) is 5. The van der Waals surface area contributed by atoms with E-state index < -0.39 is 30.4 Å². The lowest BCUT2D eigenvalue weighted by Crippen LogP contribution is -2.39. The molecule has 0 aliphatic heterocycles.